The molecule has 5 nitrogen and oxygen atoms in total. The van der Waals surface area contributed by atoms with Crippen molar-refractivity contribution in [3.63, 3.8) is 0 Å². The molecule has 1 aliphatic heterocycles. The van der Waals surface area contributed by atoms with Crippen LogP contribution in [0, 0.1) is 28.6 Å². The number of carbonyl (C=O) groups excluding carboxylic acids is 1. The van der Waals surface area contributed by atoms with Gasteiger partial charge in [0.25, 0.3) is 6.29 Å². The van der Waals surface area contributed by atoms with Crippen LogP contribution in [0.2, 0.25) is 0 Å². The van der Waals surface area contributed by atoms with Crippen LogP contribution in [0.25, 0.3) is 0 Å². The number of allylic oxidation sites excluding steroid dienone is 2. The van der Waals surface area contributed by atoms with E-state index in [-0.39, 0.29) is 24.4 Å². The van der Waals surface area contributed by atoms with Crippen molar-refractivity contribution in [3.8, 4) is 6.07 Å². The lowest BCUT2D eigenvalue weighted by atomic mass is 9.84. The number of aliphatic hydroxyl groups is 1. The summed E-state index contributed by atoms with van der Waals surface area (Å²) in [6.45, 7) is 5.18. The number of esters is 1. The normalized spacial score (nSPS) is 28.6. The third kappa shape index (κ3) is 2.56. The van der Waals surface area contributed by atoms with Gasteiger partial charge in [-0.3, -0.25) is 4.79 Å². The zero-order chi connectivity index (χ0) is 14.9. The number of nitriles is 1. The second kappa shape index (κ2) is 5.29. The highest BCUT2D eigenvalue weighted by atomic mass is 16.7. The van der Waals surface area contributed by atoms with Crippen LogP contribution in [0.1, 0.15) is 27.2 Å². The Kier molecular flexibility index (Phi) is 3.87. The molecule has 0 spiro atoms. The molecule has 1 heterocycles. The molecular weight excluding hydrogens is 258 g/mol. The predicted molar refractivity (Wildman–Crippen MR) is 70.9 cm³/mol. The van der Waals surface area contributed by atoms with Crippen LogP contribution in [0.15, 0.2) is 23.5 Å². The molecule has 0 unspecified atom stereocenters. The van der Waals surface area contributed by atoms with E-state index in [0.29, 0.717) is 12.0 Å². The van der Waals surface area contributed by atoms with E-state index in [2.05, 4.69) is 6.07 Å². The van der Waals surface area contributed by atoms with Gasteiger partial charge in [0.05, 0.1) is 29.6 Å². The van der Waals surface area contributed by atoms with Gasteiger partial charge in [-0.1, -0.05) is 6.08 Å². The van der Waals surface area contributed by atoms with Crippen LogP contribution in [0.3, 0.4) is 0 Å². The van der Waals surface area contributed by atoms with E-state index in [1.165, 1.54) is 6.26 Å². The Labute approximate surface area is 118 Å². The van der Waals surface area contributed by atoms with Gasteiger partial charge in [-0.2, -0.15) is 5.26 Å². The molecular formula is C15H19NO4. The first-order valence-corrected chi connectivity index (χ1v) is 6.65. The number of ether oxygens (including phenoxy) is 2. The van der Waals surface area contributed by atoms with Crippen molar-refractivity contribution in [1.82, 2.24) is 0 Å². The predicted octanol–water partition coefficient (Wildman–Crippen LogP) is 1.89. The molecule has 0 saturated carbocycles. The fraction of sp³-hybridized carbons (Fsp3) is 0.600. The van der Waals surface area contributed by atoms with Gasteiger partial charge in [-0.05, 0) is 32.8 Å². The fourth-order valence-electron chi connectivity index (χ4n) is 2.48. The lowest BCUT2D eigenvalue weighted by Gasteiger charge is -2.34. The molecule has 1 N–H and O–H groups in total. The molecule has 0 bridgehead atoms. The Balaban J connectivity index is 2.22. The van der Waals surface area contributed by atoms with Crippen molar-refractivity contribution in [3.05, 3.63) is 23.5 Å². The number of fused-ring (bicyclic) bond motifs is 1. The third-order valence-corrected chi connectivity index (χ3v) is 3.66. The monoisotopic (exact) mass is 277 g/mol. The first-order chi connectivity index (χ1) is 9.38. The van der Waals surface area contributed by atoms with E-state index in [9.17, 15) is 9.90 Å². The fourth-order valence-corrected chi connectivity index (χ4v) is 2.48. The molecule has 1 aliphatic carbocycles. The molecule has 0 saturated heterocycles. The van der Waals surface area contributed by atoms with Crippen LogP contribution in [-0.2, 0) is 14.3 Å². The molecule has 5 heteroatoms. The lowest BCUT2D eigenvalue weighted by Crippen LogP contribution is -2.39. The number of aliphatic hydroxyl groups excluding tert-OH is 1. The summed E-state index contributed by atoms with van der Waals surface area (Å²) in [6, 6.07) is 2.10. The van der Waals surface area contributed by atoms with Gasteiger partial charge in [0, 0.05) is 5.92 Å². The van der Waals surface area contributed by atoms with Crippen molar-refractivity contribution in [2.24, 2.45) is 17.3 Å². The highest BCUT2D eigenvalue weighted by molar-refractivity contribution is 5.75. The molecule has 0 fully saturated rings. The van der Waals surface area contributed by atoms with Gasteiger partial charge in [0.15, 0.2) is 0 Å². The zero-order valence-electron chi connectivity index (χ0n) is 11.9. The second-order valence-electron chi connectivity index (χ2n) is 6.15. The summed E-state index contributed by atoms with van der Waals surface area (Å²) in [5, 5.41) is 18.5. The van der Waals surface area contributed by atoms with Crippen LogP contribution >= 0.6 is 0 Å². The van der Waals surface area contributed by atoms with Crippen molar-refractivity contribution >= 4 is 5.97 Å². The van der Waals surface area contributed by atoms with Crippen molar-refractivity contribution in [1.29, 1.82) is 5.26 Å². The Hall–Kier alpha value is -1.80. The summed E-state index contributed by atoms with van der Waals surface area (Å²) in [5.41, 5.74) is 0.667. The first kappa shape index (κ1) is 14.6. The highest BCUT2D eigenvalue weighted by Gasteiger charge is 2.44. The summed E-state index contributed by atoms with van der Waals surface area (Å²) >= 11 is 0. The number of hydrogen-bond donors (Lipinski definition) is 1. The summed E-state index contributed by atoms with van der Waals surface area (Å²) in [5.74, 6) is -0.709. The highest BCUT2D eigenvalue weighted by Crippen LogP contribution is 2.43. The average molecular weight is 277 g/mol. The van der Waals surface area contributed by atoms with E-state index < -0.39 is 11.7 Å². The Morgan fingerprint density at radius 3 is 2.85 bits per heavy atom. The van der Waals surface area contributed by atoms with Gasteiger partial charge < -0.3 is 14.6 Å². The molecule has 108 valence electrons. The van der Waals surface area contributed by atoms with Gasteiger partial charge in [0.2, 0.25) is 0 Å². The molecule has 0 aromatic rings. The minimum Gasteiger partial charge on any atom is -0.461 e. The van der Waals surface area contributed by atoms with Crippen LogP contribution < -0.4 is 0 Å². The SMILES string of the molecule is CC(C)(C)C(=O)O[C@@H]1OC=C(C#N)[C@H]2CC=C(CO)[C@@H]12. The number of hydrogen-bond acceptors (Lipinski definition) is 5. The summed E-state index contributed by atoms with van der Waals surface area (Å²) in [6.07, 6.45) is 3.15. The van der Waals surface area contributed by atoms with E-state index in [4.69, 9.17) is 14.7 Å². The van der Waals surface area contributed by atoms with Gasteiger partial charge >= 0.3 is 5.97 Å². The largest absolute Gasteiger partial charge is 0.461 e. The van der Waals surface area contributed by atoms with Gasteiger partial charge in [-0.15, -0.1) is 0 Å². The maximum absolute atomic E-state index is 12.0. The van der Waals surface area contributed by atoms with E-state index in [1.54, 1.807) is 20.8 Å². The van der Waals surface area contributed by atoms with E-state index >= 15 is 0 Å². The Bertz CT molecular complexity index is 507. The molecule has 20 heavy (non-hydrogen) atoms. The number of nitrogens with zero attached hydrogens (tertiary/aromatic N) is 1. The van der Waals surface area contributed by atoms with Crippen LogP contribution in [0.4, 0.5) is 0 Å². The molecule has 0 aromatic heterocycles. The lowest BCUT2D eigenvalue weighted by molar-refractivity contribution is -0.190. The molecule has 2 aliphatic rings. The minimum absolute atomic E-state index is 0.0753. The minimum atomic E-state index is -0.773. The van der Waals surface area contributed by atoms with Gasteiger partial charge in [0.1, 0.15) is 6.26 Å². The molecule has 0 radical (unpaired) electrons. The molecule has 2 rings (SSSR count). The van der Waals surface area contributed by atoms with Crippen molar-refractivity contribution in [2.75, 3.05) is 6.61 Å². The maximum Gasteiger partial charge on any atom is 0.314 e. The number of carbonyl (C=O) groups is 1. The third-order valence-electron chi connectivity index (χ3n) is 3.66. The standard InChI is InChI=1S/C15H19NO4/c1-15(2,3)14(18)20-13-12-9(7-17)4-5-11(12)10(6-16)8-19-13/h4,8,11-13,17H,5,7H2,1-3H3/t11-,12-,13+/m1/s1. The van der Waals surface area contributed by atoms with E-state index in [0.717, 1.165) is 5.57 Å². The smallest absolute Gasteiger partial charge is 0.314 e. The van der Waals surface area contributed by atoms with Crippen LogP contribution in [-0.4, -0.2) is 24.0 Å². The Morgan fingerprint density at radius 1 is 1.60 bits per heavy atom. The van der Waals surface area contributed by atoms with Crippen molar-refractivity contribution in [2.45, 2.75) is 33.5 Å². The summed E-state index contributed by atoms with van der Waals surface area (Å²) < 4.78 is 10.8. The maximum atomic E-state index is 12.0. The molecule has 3 atom stereocenters. The second-order valence-corrected chi connectivity index (χ2v) is 6.15. The van der Waals surface area contributed by atoms with Gasteiger partial charge in [-0.25, -0.2) is 0 Å². The topological polar surface area (TPSA) is 79.5 Å². The number of rotatable bonds is 2. The average Bonchev–Trinajstić information content (AvgIpc) is 2.82. The first-order valence-electron chi connectivity index (χ1n) is 6.65. The molecule has 0 amide bonds. The summed E-state index contributed by atoms with van der Waals surface area (Å²) in [7, 11) is 0. The Morgan fingerprint density at radius 2 is 2.30 bits per heavy atom. The van der Waals surface area contributed by atoms with Crippen LogP contribution in [0.5, 0.6) is 0 Å². The summed E-state index contributed by atoms with van der Waals surface area (Å²) in [4.78, 5) is 12.0. The zero-order valence-corrected chi connectivity index (χ0v) is 11.9. The van der Waals surface area contributed by atoms with E-state index in [1.807, 2.05) is 6.08 Å². The molecule has 0 aromatic carbocycles. The van der Waals surface area contributed by atoms with Crippen molar-refractivity contribution < 1.29 is 19.4 Å². The quantitative estimate of drug-likeness (QED) is 0.616.